The number of aliphatic hydroxyl groups excluding tert-OH is 1. The van der Waals surface area contributed by atoms with E-state index in [1.807, 2.05) is 6.07 Å². The molecule has 3 atom stereocenters. The van der Waals surface area contributed by atoms with Crippen LogP contribution in [0, 0.1) is 12.8 Å². The molecule has 0 bridgehead atoms. The van der Waals surface area contributed by atoms with Gasteiger partial charge in [0.1, 0.15) is 25.0 Å². The number of hydrogen-bond acceptors (Lipinski definition) is 2. The van der Waals surface area contributed by atoms with Crippen molar-refractivity contribution in [1.82, 2.24) is 0 Å². The molecule has 1 aromatic carbocycles. The average Bonchev–Trinajstić information content (AvgIpc) is 2.45. The van der Waals surface area contributed by atoms with E-state index in [0.717, 1.165) is 18.2 Å². The summed E-state index contributed by atoms with van der Waals surface area (Å²) < 4.78 is 5.79. The molecule has 1 saturated heterocycles. The van der Waals surface area contributed by atoms with E-state index in [4.69, 9.17) is 4.74 Å². The van der Waals surface area contributed by atoms with Gasteiger partial charge >= 0.3 is 0 Å². The van der Waals surface area contributed by atoms with Crippen LogP contribution in [-0.4, -0.2) is 37.5 Å². The fourth-order valence-electron chi connectivity index (χ4n) is 3.55. The van der Waals surface area contributed by atoms with Crippen LogP contribution < -0.4 is 9.64 Å². The highest BCUT2D eigenvalue weighted by Crippen LogP contribution is 2.23. The van der Waals surface area contributed by atoms with E-state index >= 15 is 0 Å². The summed E-state index contributed by atoms with van der Waals surface area (Å²) in [4.78, 5) is 1.51. The summed E-state index contributed by atoms with van der Waals surface area (Å²) in [5.74, 6) is 2.18. The van der Waals surface area contributed by atoms with Crippen LogP contribution in [0.4, 0.5) is 0 Å². The lowest BCUT2D eigenvalue weighted by atomic mass is 9.98. The zero-order valence-corrected chi connectivity index (χ0v) is 14.6. The van der Waals surface area contributed by atoms with Crippen molar-refractivity contribution in [2.75, 3.05) is 26.2 Å². The van der Waals surface area contributed by atoms with Crippen molar-refractivity contribution in [3.63, 3.8) is 0 Å². The molecule has 0 aliphatic carbocycles. The van der Waals surface area contributed by atoms with E-state index in [1.54, 1.807) is 0 Å². The van der Waals surface area contributed by atoms with Gasteiger partial charge in [0, 0.05) is 5.92 Å². The van der Waals surface area contributed by atoms with Crippen molar-refractivity contribution in [3.8, 4) is 5.75 Å². The monoisotopic (exact) mass is 306 g/mol. The summed E-state index contributed by atoms with van der Waals surface area (Å²) in [5, 5.41) is 10.2. The molecule has 3 heteroatoms. The lowest BCUT2D eigenvalue weighted by molar-refractivity contribution is -0.911. The number of ether oxygens (including phenoxy) is 1. The van der Waals surface area contributed by atoms with E-state index in [9.17, 15) is 5.11 Å². The standard InChI is InChI=1S/C19H31NO2/c1-14(2)19-8-7-18(10-16(19)4)22-13-17(21)12-20-9-5-6-15(3)11-20/h7-8,10,14-15,17,21H,5-6,9,11-13H2,1-4H3/p+1/t15-,17+/m0/s1. The largest absolute Gasteiger partial charge is 0.491 e. The third-order valence-corrected chi connectivity index (χ3v) is 4.69. The van der Waals surface area contributed by atoms with E-state index in [-0.39, 0.29) is 6.10 Å². The summed E-state index contributed by atoms with van der Waals surface area (Å²) in [6.45, 7) is 12.4. The molecule has 0 saturated carbocycles. The zero-order valence-electron chi connectivity index (χ0n) is 14.6. The van der Waals surface area contributed by atoms with Gasteiger partial charge in [0.2, 0.25) is 0 Å². The molecule has 1 heterocycles. The molecule has 0 spiro atoms. The highest BCUT2D eigenvalue weighted by molar-refractivity contribution is 5.36. The fourth-order valence-corrected chi connectivity index (χ4v) is 3.55. The van der Waals surface area contributed by atoms with Crippen molar-refractivity contribution < 1.29 is 14.7 Å². The molecule has 1 aliphatic heterocycles. The number of aryl methyl sites for hydroxylation is 1. The zero-order chi connectivity index (χ0) is 16.1. The fraction of sp³-hybridized carbons (Fsp3) is 0.684. The first kappa shape index (κ1) is 17.3. The van der Waals surface area contributed by atoms with E-state index in [0.29, 0.717) is 12.5 Å². The highest BCUT2D eigenvalue weighted by Gasteiger charge is 2.22. The molecule has 22 heavy (non-hydrogen) atoms. The van der Waals surface area contributed by atoms with Crippen LogP contribution in [0.25, 0.3) is 0 Å². The summed E-state index contributed by atoms with van der Waals surface area (Å²) in [6, 6.07) is 6.24. The Hall–Kier alpha value is -1.06. The second-order valence-electron chi connectivity index (χ2n) is 7.29. The highest BCUT2D eigenvalue weighted by atomic mass is 16.5. The molecular formula is C19H32NO2+. The molecule has 1 aromatic rings. The van der Waals surface area contributed by atoms with Crippen molar-refractivity contribution in [1.29, 1.82) is 0 Å². The lowest BCUT2D eigenvalue weighted by Gasteiger charge is -2.29. The number of piperidine rings is 1. The Morgan fingerprint density at radius 1 is 1.36 bits per heavy atom. The van der Waals surface area contributed by atoms with Crippen molar-refractivity contribution in [2.24, 2.45) is 5.92 Å². The minimum Gasteiger partial charge on any atom is -0.491 e. The number of aliphatic hydroxyl groups is 1. The van der Waals surface area contributed by atoms with Gasteiger partial charge < -0.3 is 14.7 Å². The van der Waals surface area contributed by atoms with Crippen LogP contribution in [-0.2, 0) is 0 Å². The number of benzene rings is 1. The first-order chi connectivity index (χ1) is 10.5. The predicted octanol–water partition coefficient (Wildman–Crippen LogP) is 2.17. The molecule has 2 N–H and O–H groups in total. The lowest BCUT2D eigenvalue weighted by Crippen LogP contribution is -3.14. The second-order valence-corrected chi connectivity index (χ2v) is 7.29. The molecular weight excluding hydrogens is 274 g/mol. The minimum absolute atomic E-state index is 0.384. The van der Waals surface area contributed by atoms with Crippen LogP contribution in [0.3, 0.4) is 0 Å². The molecule has 2 rings (SSSR count). The molecule has 124 valence electrons. The van der Waals surface area contributed by atoms with Crippen LogP contribution in [0.2, 0.25) is 0 Å². The summed E-state index contributed by atoms with van der Waals surface area (Å²) in [5.41, 5.74) is 2.62. The Labute approximate surface area is 135 Å². The van der Waals surface area contributed by atoms with E-state index in [2.05, 4.69) is 39.8 Å². The Bertz CT molecular complexity index is 473. The number of likely N-dealkylation sites (tertiary alicyclic amines) is 1. The predicted molar refractivity (Wildman–Crippen MR) is 90.7 cm³/mol. The summed E-state index contributed by atoms with van der Waals surface area (Å²) in [6.07, 6.45) is 2.22. The van der Waals surface area contributed by atoms with Crippen LogP contribution in [0.5, 0.6) is 5.75 Å². The van der Waals surface area contributed by atoms with Gasteiger partial charge in [-0.05, 0) is 48.9 Å². The third kappa shape index (κ3) is 4.99. The normalized spacial score (nSPS) is 23.5. The SMILES string of the molecule is Cc1cc(OC[C@H](O)C[NH+]2CCC[C@H](C)C2)ccc1C(C)C. The third-order valence-electron chi connectivity index (χ3n) is 4.69. The van der Waals surface area contributed by atoms with Gasteiger partial charge in [-0.25, -0.2) is 0 Å². The van der Waals surface area contributed by atoms with Crippen molar-refractivity contribution in [3.05, 3.63) is 29.3 Å². The molecule has 0 amide bonds. The van der Waals surface area contributed by atoms with Gasteiger partial charge in [0.15, 0.2) is 0 Å². The van der Waals surface area contributed by atoms with Gasteiger partial charge in [-0.2, -0.15) is 0 Å². The maximum absolute atomic E-state index is 10.2. The quantitative estimate of drug-likeness (QED) is 0.844. The van der Waals surface area contributed by atoms with Gasteiger partial charge in [0.25, 0.3) is 0 Å². The van der Waals surface area contributed by atoms with Gasteiger partial charge in [0.05, 0.1) is 13.1 Å². The molecule has 0 radical (unpaired) electrons. The molecule has 1 fully saturated rings. The van der Waals surface area contributed by atoms with Crippen molar-refractivity contribution >= 4 is 0 Å². The Kier molecular flexibility index (Phi) is 6.27. The van der Waals surface area contributed by atoms with Crippen LogP contribution in [0.15, 0.2) is 18.2 Å². The Balaban J connectivity index is 1.80. The maximum Gasteiger partial charge on any atom is 0.137 e. The van der Waals surface area contributed by atoms with Crippen LogP contribution >= 0.6 is 0 Å². The number of rotatable bonds is 6. The maximum atomic E-state index is 10.2. The summed E-state index contributed by atoms with van der Waals surface area (Å²) >= 11 is 0. The molecule has 1 unspecified atom stereocenters. The first-order valence-corrected chi connectivity index (χ1v) is 8.70. The number of hydrogen-bond donors (Lipinski definition) is 2. The molecule has 0 aromatic heterocycles. The second kappa shape index (κ2) is 7.98. The first-order valence-electron chi connectivity index (χ1n) is 8.70. The number of nitrogens with one attached hydrogen (secondary N) is 1. The number of quaternary nitrogens is 1. The smallest absolute Gasteiger partial charge is 0.137 e. The van der Waals surface area contributed by atoms with E-state index in [1.165, 1.54) is 42.0 Å². The van der Waals surface area contributed by atoms with Crippen molar-refractivity contribution in [2.45, 2.75) is 52.6 Å². The molecule has 1 aliphatic rings. The van der Waals surface area contributed by atoms with Gasteiger partial charge in [-0.1, -0.05) is 26.8 Å². The Morgan fingerprint density at radius 2 is 2.14 bits per heavy atom. The minimum atomic E-state index is -0.384. The topological polar surface area (TPSA) is 33.9 Å². The van der Waals surface area contributed by atoms with Gasteiger partial charge in [-0.15, -0.1) is 0 Å². The Morgan fingerprint density at radius 3 is 2.77 bits per heavy atom. The summed E-state index contributed by atoms with van der Waals surface area (Å²) in [7, 11) is 0. The van der Waals surface area contributed by atoms with E-state index < -0.39 is 0 Å². The van der Waals surface area contributed by atoms with Crippen LogP contribution in [0.1, 0.15) is 50.7 Å². The molecule has 3 nitrogen and oxygen atoms in total. The average molecular weight is 306 g/mol. The van der Waals surface area contributed by atoms with Gasteiger partial charge in [-0.3, -0.25) is 0 Å².